The second-order valence-corrected chi connectivity index (χ2v) is 4.23. The number of benzene rings is 1. The number of aliphatic hydroxyl groups excluding tert-OH is 1. The lowest BCUT2D eigenvalue weighted by Crippen LogP contribution is -2.00. The van der Waals surface area contributed by atoms with Crippen LogP contribution in [0.2, 0.25) is 0 Å². The first-order chi connectivity index (χ1) is 7.80. The van der Waals surface area contributed by atoms with Crippen molar-refractivity contribution >= 4 is 0 Å². The average molecular weight is 221 g/mol. The highest BCUT2D eigenvalue weighted by Gasteiger charge is 2.00. The second kappa shape index (κ2) is 7.42. The van der Waals surface area contributed by atoms with Crippen LogP contribution in [0, 0.1) is 0 Å². The van der Waals surface area contributed by atoms with E-state index < -0.39 is 0 Å². The molecule has 0 aromatic heterocycles. The molecule has 1 rings (SSSR count). The molecule has 0 fully saturated rings. The molecule has 0 spiro atoms. The first-order valence-electron chi connectivity index (χ1n) is 6.22. The highest BCUT2D eigenvalue weighted by atomic mass is 16.2. The van der Waals surface area contributed by atoms with Crippen molar-refractivity contribution < 1.29 is 5.11 Å². The Morgan fingerprint density at radius 2 is 1.62 bits per heavy atom. The third-order valence-electron chi connectivity index (χ3n) is 2.84. The fraction of sp³-hybridized carbons (Fsp3) is 0.571. The maximum atomic E-state index is 8.97. The largest absolute Gasteiger partial charge is 0.396 e. The van der Waals surface area contributed by atoms with Gasteiger partial charge in [-0.05, 0) is 55.3 Å². The summed E-state index contributed by atoms with van der Waals surface area (Å²) in [6.45, 7) is 3.17. The quantitative estimate of drug-likeness (QED) is 0.692. The molecule has 0 amide bonds. The van der Waals surface area contributed by atoms with E-state index in [0.717, 1.165) is 38.6 Å². The number of nitrogens with two attached hydrogens (primary N) is 1. The van der Waals surface area contributed by atoms with Crippen molar-refractivity contribution in [1.29, 1.82) is 0 Å². The van der Waals surface area contributed by atoms with Gasteiger partial charge in [0, 0.05) is 6.61 Å². The molecule has 2 nitrogen and oxygen atoms in total. The van der Waals surface area contributed by atoms with Gasteiger partial charge in [-0.1, -0.05) is 25.1 Å². The number of hydrogen-bond acceptors (Lipinski definition) is 2. The first kappa shape index (κ1) is 13.2. The lowest BCUT2D eigenvalue weighted by molar-refractivity contribution is 0.299. The zero-order valence-electron chi connectivity index (χ0n) is 10.2. The number of hydrogen-bond donors (Lipinski definition) is 2. The lowest BCUT2D eigenvalue weighted by Gasteiger charge is -2.08. The van der Waals surface area contributed by atoms with Gasteiger partial charge in [0.15, 0.2) is 0 Å². The molecule has 3 N–H and O–H groups in total. The molecule has 0 aliphatic rings. The molecule has 0 bridgehead atoms. The van der Waals surface area contributed by atoms with E-state index in [0.29, 0.717) is 0 Å². The minimum atomic E-state index is 0.232. The molecule has 0 radical (unpaired) electrons. The Morgan fingerprint density at radius 3 is 2.19 bits per heavy atom. The average Bonchev–Trinajstić information content (AvgIpc) is 2.29. The Labute approximate surface area is 98.5 Å². The zero-order valence-corrected chi connectivity index (χ0v) is 10.2. The highest BCUT2D eigenvalue weighted by Crippen LogP contribution is 2.14. The minimum Gasteiger partial charge on any atom is -0.396 e. The SMILES string of the molecule is CCc1cc(CCO)cc(CCCCN)c1. The van der Waals surface area contributed by atoms with E-state index in [2.05, 4.69) is 25.1 Å². The van der Waals surface area contributed by atoms with Gasteiger partial charge in [0.1, 0.15) is 0 Å². The van der Waals surface area contributed by atoms with Crippen molar-refractivity contribution in [2.75, 3.05) is 13.2 Å². The van der Waals surface area contributed by atoms with Gasteiger partial charge in [-0.3, -0.25) is 0 Å². The van der Waals surface area contributed by atoms with Crippen molar-refractivity contribution in [2.45, 2.75) is 39.0 Å². The topological polar surface area (TPSA) is 46.2 Å². The number of rotatable bonds is 7. The maximum absolute atomic E-state index is 8.97. The molecule has 1 aromatic rings. The summed E-state index contributed by atoms with van der Waals surface area (Å²) in [6.07, 6.45) is 5.16. The van der Waals surface area contributed by atoms with Crippen LogP contribution in [0.3, 0.4) is 0 Å². The van der Waals surface area contributed by atoms with Crippen LogP contribution in [-0.2, 0) is 19.3 Å². The van der Waals surface area contributed by atoms with Gasteiger partial charge >= 0.3 is 0 Å². The lowest BCUT2D eigenvalue weighted by atomic mass is 9.99. The van der Waals surface area contributed by atoms with Crippen LogP contribution in [0.4, 0.5) is 0 Å². The Balaban J connectivity index is 2.69. The number of aryl methyl sites for hydroxylation is 2. The summed E-state index contributed by atoms with van der Waals surface area (Å²) >= 11 is 0. The summed E-state index contributed by atoms with van der Waals surface area (Å²) in [5.74, 6) is 0. The molecule has 0 saturated carbocycles. The fourth-order valence-electron chi connectivity index (χ4n) is 1.93. The van der Waals surface area contributed by atoms with Crippen molar-refractivity contribution in [3.8, 4) is 0 Å². The third kappa shape index (κ3) is 4.33. The van der Waals surface area contributed by atoms with Crippen LogP contribution in [0.1, 0.15) is 36.5 Å². The predicted octanol–water partition coefficient (Wildman–Crippen LogP) is 2.07. The summed E-state index contributed by atoms with van der Waals surface area (Å²) in [5, 5.41) is 8.97. The van der Waals surface area contributed by atoms with Gasteiger partial charge in [-0.2, -0.15) is 0 Å². The number of unbranched alkanes of at least 4 members (excludes halogenated alkanes) is 1. The van der Waals surface area contributed by atoms with Crippen molar-refractivity contribution in [3.63, 3.8) is 0 Å². The fourth-order valence-corrected chi connectivity index (χ4v) is 1.93. The first-order valence-corrected chi connectivity index (χ1v) is 6.22. The summed E-state index contributed by atoms with van der Waals surface area (Å²) in [4.78, 5) is 0. The van der Waals surface area contributed by atoms with Gasteiger partial charge < -0.3 is 10.8 Å². The molecule has 0 heterocycles. The molecule has 1 aromatic carbocycles. The van der Waals surface area contributed by atoms with Crippen LogP contribution in [0.15, 0.2) is 18.2 Å². The Bertz CT molecular complexity index is 310. The Kier molecular flexibility index (Phi) is 6.12. The van der Waals surface area contributed by atoms with Crippen LogP contribution in [-0.4, -0.2) is 18.3 Å². The molecule has 0 saturated heterocycles. The summed E-state index contributed by atoms with van der Waals surface area (Å²) in [5.41, 5.74) is 9.50. The molecular weight excluding hydrogens is 198 g/mol. The van der Waals surface area contributed by atoms with E-state index in [9.17, 15) is 0 Å². The van der Waals surface area contributed by atoms with Crippen LogP contribution in [0.25, 0.3) is 0 Å². The molecular formula is C14H23NO. The molecule has 0 aliphatic heterocycles. The standard InChI is InChI=1S/C14H23NO/c1-2-12-9-13(5-3-4-7-15)11-14(10-12)6-8-16/h9-11,16H,2-8,15H2,1H3. The highest BCUT2D eigenvalue weighted by molar-refractivity contribution is 5.30. The minimum absolute atomic E-state index is 0.232. The molecule has 16 heavy (non-hydrogen) atoms. The summed E-state index contributed by atoms with van der Waals surface area (Å²) < 4.78 is 0. The van der Waals surface area contributed by atoms with Gasteiger partial charge in [-0.15, -0.1) is 0 Å². The summed E-state index contributed by atoms with van der Waals surface area (Å²) in [6, 6.07) is 6.69. The normalized spacial score (nSPS) is 10.7. The van der Waals surface area contributed by atoms with E-state index in [1.54, 1.807) is 0 Å². The zero-order chi connectivity index (χ0) is 11.8. The van der Waals surface area contributed by atoms with E-state index in [4.69, 9.17) is 10.8 Å². The van der Waals surface area contributed by atoms with Crippen molar-refractivity contribution in [3.05, 3.63) is 34.9 Å². The van der Waals surface area contributed by atoms with Gasteiger partial charge in [0.05, 0.1) is 0 Å². The monoisotopic (exact) mass is 221 g/mol. The van der Waals surface area contributed by atoms with Gasteiger partial charge in [-0.25, -0.2) is 0 Å². The maximum Gasteiger partial charge on any atom is 0.0471 e. The van der Waals surface area contributed by atoms with Crippen LogP contribution < -0.4 is 5.73 Å². The summed E-state index contributed by atoms with van der Waals surface area (Å²) in [7, 11) is 0. The molecule has 0 unspecified atom stereocenters. The van der Waals surface area contributed by atoms with Crippen molar-refractivity contribution in [1.82, 2.24) is 0 Å². The molecule has 90 valence electrons. The van der Waals surface area contributed by atoms with Gasteiger partial charge in [0.2, 0.25) is 0 Å². The van der Waals surface area contributed by atoms with Crippen LogP contribution >= 0.6 is 0 Å². The predicted molar refractivity (Wildman–Crippen MR) is 68.6 cm³/mol. The van der Waals surface area contributed by atoms with Gasteiger partial charge in [0.25, 0.3) is 0 Å². The molecule has 2 heteroatoms. The van der Waals surface area contributed by atoms with E-state index in [-0.39, 0.29) is 6.61 Å². The molecule has 0 aliphatic carbocycles. The van der Waals surface area contributed by atoms with E-state index in [1.807, 2.05) is 0 Å². The van der Waals surface area contributed by atoms with Crippen LogP contribution in [0.5, 0.6) is 0 Å². The third-order valence-corrected chi connectivity index (χ3v) is 2.84. The smallest absolute Gasteiger partial charge is 0.0471 e. The van der Waals surface area contributed by atoms with E-state index >= 15 is 0 Å². The Morgan fingerprint density at radius 1 is 1.00 bits per heavy atom. The molecule has 0 atom stereocenters. The van der Waals surface area contributed by atoms with Crippen molar-refractivity contribution in [2.24, 2.45) is 5.73 Å². The number of aliphatic hydroxyl groups is 1. The second-order valence-electron chi connectivity index (χ2n) is 4.23. The Hall–Kier alpha value is -0.860. The van der Waals surface area contributed by atoms with E-state index in [1.165, 1.54) is 16.7 Å².